The molecule has 9 heteroatoms. The van der Waals surface area contributed by atoms with E-state index in [1.165, 1.54) is 0 Å². The number of nitrogens with one attached hydrogen (secondary N) is 1. The number of carbonyl (C=O) groups is 2. The van der Waals surface area contributed by atoms with Crippen LogP contribution in [-0.2, 0) is 15.7 Å². The van der Waals surface area contributed by atoms with Crippen molar-refractivity contribution in [2.75, 3.05) is 13.1 Å². The second-order valence-corrected chi connectivity index (χ2v) is 8.79. The first-order valence-corrected chi connectivity index (χ1v) is 11.5. The van der Waals surface area contributed by atoms with Gasteiger partial charge in [-0.15, -0.1) is 0 Å². The van der Waals surface area contributed by atoms with Gasteiger partial charge in [0.05, 0.1) is 0 Å². The van der Waals surface area contributed by atoms with Crippen LogP contribution in [0.3, 0.4) is 0 Å². The molecule has 8 nitrogen and oxygen atoms in total. The van der Waals surface area contributed by atoms with Crippen LogP contribution in [0, 0.1) is 5.92 Å². The molecule has 2 heterocycles. The third-order valence-electron chi connectivity index (χ3n) is 6.05. The first-order chi connectivity index (χ1) is 13.9. The molecule has 2 aliphatic rings. The van der Waals surface area contributed by atoms with Crippen molar-refractivity contribution in [3.05, 3.63) is 30.1 Å². The smallest absolute Gasteiger partial charge is 0.272 e. The number of piperazine rings is 1. The summed E-state index contributed by atoms with van der Waals surface area (Å²) < 4.78 is 24.3. The Bertz CT molecular complexity index is 785. The van der Waals surface area contributed by atoms with Crippen molar-refractivity contribution in [1.29, 1.82) is 0 Å². The lowest BCUT2D eigenvalue weighted by atomic mass is 9.84. The predicted molar refractivity (Wildman–Crippen MR) is 110 cm³/mol. The van der Waals surface area contributed by atoms with Crippen LogP contribution in [0.25, 0.3) is 0 Å². The Kier molecular flexibility index (Phi) is 7.23. The zero-order valence-electron chi connectivity index (χ0n) is 17.0. The van der Waals surface area contributed by atoms with Gasteiger partial charge < -0.3 is 9.80 Å². The first kappa shape index (κ1) is 21.7. The van der Waals surface area contributed by atoms with Crippen LogP contribution in [0.5, 0.6) is 0 Å². The van der Waals surface area contributed by atoms with Crippen molar-refractivity contribution in [3.63, 3.8) is 0 Å². The summed E-state index contributed by atoms with van der Waals surface area (Å²) in [6.07, 6.45) is 5.13. The number of hydrogen-bond acceptors (Lipinski definition) is 5. The SMILES string of the molecule is CCC1CN(C(=O)c2ccccn2)CC(C)N1C(=O)C1CCC(N[SH](=O)=O)CC1. The van der Waals surface area contributed by atoms with E-state index in [1.807, 2.05) is 18.7 Å². The molecule has 0 radical (unpaired) electrons. The summed E-state index contributed by atoms with van der Waals surface area (Å²) in [6, 6.07) is 5.15. The van der Waals surface area contributed by atoms with Gasteiger partial charge in [-0.1, -0.05) is 13.0 Å². The highest BCUT2D eigenvalue weighted by molar-refractivity contribution is 7.70. The Morgan fingerprint density at radius 1 is 1.17 bits per heavy atom. The number of carbonyl (C=O) groups excluding carboxylic acids is 2. The lowest BCUT2D eigenvalue weighted by Crippen LogP contribution is -2.61. The maximum Gasteiger partial charge on any atom is 0.272 e. The van der Waals surface area contributed by atoms with Crippen LogP contribution in [0.1, 0.15) is 56.4 Å². The molecule has 2 unspecified atom stereocenters. The van der Waals surface area contributed by atoms with Crippen molar-refractivity contribution in [2.24, 2.45) is 5.92 Å². The third kappa shape index (κ3) is 5.14. The van der Waals surface area contributed by atoms with E-state index in [-0.39, 0.29) is 35.9 Å². The van der Waals surface area contributed by atoms with Crippen molar-refractivity contribution in [1.82, 2.24) is 19.5 Å². The van der Waals surface area contributed by atoms with Gasteiger partial charge in [0.1, 0.15) is 5.69 Å². The van der Waals surface area contributed by atoms with Crippen molar-refractivity contribution in [2.45, 2.75) is 64.1 Å². The van der Waals surface area contributed by atoms with Crippen LogP contribution < -0.4 is 4.72 Å². The first-order valence-electron chi connectivity index (χ1n) is 10.3. The Balaban J connectivity index is 1.65. The normalized spacial score (nSPS) is 27.8. The van der Waals surface area contributed by atoms with Crippen molar-refractivity contribution in [3.8, 4) is 0 Å². The van der Waals surface area contributed by atoms with Gasteiger partial charge in [0.2, 0.25) is 16.8 Å². The van der Waals surface area contributed by atoms with E-state index < -0.39 is 10.9 Å². The molecule has 1 aliphatic carbocycles. The second-order valence-electron chi connectivity index (χ2n) is 8.02. The number of hydrogen-bond donors (Lipinski definition) is 2. The molecule has 0 aromatic carbocycles. The summed E-state index contributed by atoms with van der Waals surface area (Å²) in [6.45, 7) is 5.03. The van der Waals surface area contributed by atoms with Crippen molar-refractivity contribution < 1.29 is 18.0 Å². The third-order valence-corrected chi connectivity index (χ3v) is 6.62. The van der Waals surface area contributed by atoms with Gasteiger partial charge in [0.25, 0.3) is 5.91 Å². The highest BCUT2D eigenvalue weighted by atomic mass is 32.2. The van der Waals surface area contributed by atoms with E-state index in [0.29, 0.717) is 44.5 Å². The molecule has 0 spiro atoms. The highest BCUT2D eigenvalue weighted by Gasteiger charge is 2.39. The van der Waals surface area contributed by atoms with E-state index in [1.54, 1.807) is 29.3 Å². The van der Waals surface area contributed by atoms with E-state index in [2.05, 4.69) is 9.71 Å². The van der Waals surface area contributed by atoms with Crippen molar-refractivity contribution >= 4 is 22.7 Å². The molecule has 1 N–H and O–H groups in total. The number of nitrogens with zero attached hydrogens (tertiary/aromatic N) is 3. The van der Waals surface area contributed by atoms with E-state index >= 15 is 0 Å². The van der Waals surface area contributed by atoms with Crippen LogP contribution in [0.2, 0.25) is 0 Å². The summed E-state index contributed by atoms with van der Waals surface area (Å²) >= 11 is 0. The maximum atomic E-state index is 13.3. The standard InChI is InChI=1S/C20H30N4O4S/c1-3-17-13-23(20(26)18-6-4-5-11-21-18)12-14(2)24(17)19(25)15-7-9-16(10-8-15)22-29(27)28/h4-6,11,14-17,29H,3,7-10,12-13H2,1-2H3,(H,22,27,28). The molecule has 1 saturated carbocycles. The van der Waals surface area contributed by atoms with Gasteiger partial charge in [-0.2, -0.15) is 0 Å². The number of aromatic nitrogens is 1. The fraction of sp³-hybridized carbons (Fsp3) is 0.650. The summed E-state index contributed by atoms with van der Waals surface area (Å²) in [4.78, 5) is 34.0. The minimum atomic E-state index is -2.60. The van der Waals surface area contributed by atoms with Gasteiger partial charge in [-0.3, -0.25) is 14.6 Å². The lowest BCUT2D eigenvalue weighted by Gasteiger charge is -2.47. The summed E-state index contributed by atoms with van der Waals surface area (Å²) in [5.74, 6) is -0.0346. The largest absolute Gasteiger partial charge is 0.333 e. The quantitative estimate of drug-likeness (QED) is 0.695. The van der Waals surface area contributed by atoms with E-state index in [9.17, 15) is 18.0 Å². The summed E-state index contributed by atoms with van der Waals surface area (Å²) in [5, 5.41) is 0. The molecule has 3 rings (SSSR count). The average molecular weight is 423 g/mol. The molecule has 2 amide bonds. The highest BCUT2D eigenvalue weighted by Crippen LogP contribution is 2.30. The molecule has 1 aromatic heterocycles. The Labute approximate surface area is 173 Å². The molecule has 160 valence electrons. The molecular weight excluding hydrogens is 392 g/mol. The second kappa shape index (κ2) is 9.67. The van der Waals surface area contributed by atoms with Gasteiger partial charge >= 0.3 is 0 Å². The maximum absolute atomic E-state index is 13.3. The van der Waals surface area contributed by atoms with Gasteiger partial charge in [-0.05, 0) is 51.2 Å². The number of rotatable bonds is 5. The van der Waals surface area contributed by atoms with E-state index in [4.69, 9.17) is 0 Å². The topological polar surface area (TPSA) is 99.7 Å². The Morgan fingerprint density at radius 3 is 2.48 bits per heavy atom. The Morgan fingerprint density at radius 2 is 1.90 bits per heavy atom. The van der Waals surface area contributed by atoms with Gasteiger partial charge in [0, 0.05) is 43.3 Å². The minimum absolute atomic E-state index is 0.0223. The summed E-state index contributed by atoms with van der Waals surface area (Å²) in [7, 11) is -2.60. The lowest BCUT2D eigenvalue weighted by molar-refractivity contribution is -0.144. The minimum Gasteiger partial charge on any atom is -0.333 e. The fourth-order valence-electron chi connectivity index (χ4n) is 4.55. The fourth-order valence-corrected chi connectivity index (χ4v) is 5.11. The van der Waals surface area contributed by atoms with Crippen LogP contribution in [0.4, 0.5) is 0 Å². The summed E-state index contributed by atoms with van der Waals surface area (Å²) in [5.41, 5.74) is 0.428. The molecule has 1 aromatic rings. The molecule has 29 heavy (non-hydrogen) atoms. The number of pyridine rings is 1. The average Bonchev–Trinajstić information content (AvgIpc) is 2.73. The predicted octanol–water partition coefficient (Wildman–Crippen LogP) is 1.21. The van der Waals surface area contributed by atoms with Crippen LogP contribution >= 0.6 is 0 Å². The van der Waals surface area contributed by atoms with Gasteiger partial charge in [-0.25, -0.2) is 13.1 Å². The number of thiol groups is 1. The zero-order chi connectivity index (χ0) is 21.0. The molecule has 2 fully saturated rings. The van der Waals surface area contributed by atoms with E-state index in [0.717, 1.165) is 6.42 Å². The molecule has 1 saturated heterocycles. The van der Waals surface area contributed by atoms with Gasteiger partial charge in [0.15, 0.2) is 0 Å². The zero-order valence-corrected chi connectivity index (χ0v) is 17.9. The molecule has 0 bridgehead atoms. The molecule has 1 aliphatic heterocycles. The molecular formula is C20H30N4O4S. The number of amides is 2. The van der Waals surface area contributed by atoms with Crippen LogP contribution in [-0.4, -0.2) is 66.2 Å². The molecule has 2 atom stereocenters. The van der Waals surface area contributed by atoms with Crippen LogP contribution in [0.15, 0.2) is 24.4 Å². The monoisotopic (exact) mass is 422 g/mol. The Hall–Kier alpha value is -2.00.